The van der Waals surface area contributed by atoms with Crippen LogP contribution < -0.4 is 0 Å². The summed E-state index contributed by atoms with van der Waals surface area (Å²) in [6.45, 7) is 13.2. The first-order valence-electron chi connectivity index (χ1n) is 7.20. The maximum atomic E-state index is 5.36. The van der Waals surface area contributed by atoms with Crippen LogP contribution in [0.15, 0.2) is 0 Å². The van der Waals surface area contributed by atoms with Crippen LogP contribution in [0, 0.1) is 12.8 Å². The van der Waals surface area contributed by atoms with Crippen molar-refractivity contribution in [1.29, 1.82) is 0 Å². The minimum atomic E-state index is 0.894. The summed E-state index contributed by atoms with van der Waals surface area (Å²) in [4.78, 5) is 5.17. The molecule has 0 aromatic rings. The van der Waals surface area contributed by atoms with E-state index in [0.717, 1.165) is 38.6 Å². The average molecular weight is 239 g/mol. The standard InChI is InChI=1S/C14H27N2O/c1-2-14-4-8-15(9-5-14)6-3-7-16-10-12-17-13-11-16/h14H,1-13H2. The maximum Gasteiger partial charge on any atom is 0.0594 e. The van der Waals surface area contributed by atoms with Crippen LogP contribution in [0.1, 0.15) is 25.7 Å². The van der Waals surface area contributed by atoms with Gasteiger partial charge < -0.3 is 9.64 Å². The fourth-order valence-electron chi connectivity index (χ4n) is 2.84. The summed E-state index contributed by atoms with van der Waals surface area (Å²) in [7, 11) is 0. The number of rotatable bonds is 5. The van der Waals surface area contributed by atoms with Gasteiger partial charge in [-0.15, -0.1) is 0 Å². The second-order valence-corrected chi connectivity index (χ2v) is 5.38. The number of likely N-dealkylation sites (tertiary alicyclic amines) is 1. The van der Waals surface area contributed by atoms with Crippen LogP contribution in [0.2, 0.25) is 0 Å². The lowest BCUT2D eigenvalue weighted by molar-refractivity contribution is 0.0355. The molecular formula is C14H27N2O. The third-order valence-corrected chi connectivity index (χ3v) is 4.17. The zero-order valence-corrected chi connectivity index (χ0v) is 11.1. The van der Waals surface area contributed by atoms with Crippen molar-refractivity contribution in [2.45, 2.75) is 25.7 Å². The van der Waals surface area contributed by atoms with Crippen molar-refractivity contribution in [3.63, 3.8) is 0 Å². The van der Waals surface area contributed by atoms with Gasteiger partial charge in [-0.2, -0.15) is 0 Å². The molecule has 2 heterocycles. The Hall–Kier alpha value is -0.120. The quantitative estimate of drug-likeness (QED) is 0.725. The van der Waals surface area contributed by atoms with Crippen molar-refractivity contribution in [3.05, 3.63) is 6.92 Å². The summed E-state index contributed by atoms with van der Waals surface area (Å²) in [5, 5.41) is 0. The van der Waals surface area contributed by atoms with Gasteiger partial charge in [0.1, 0.15) is 0 Å². The van der Waals surface area contributed by atoms with Crippen molar-refractivity contribution in [1.82, 2.24) is 9.80 Å². The molecule has 0 atom stereocenters. The SMILES string of the molecule is [CH2]CC1CCN(CCCN2CCOCC2)CC1. The molecule has 99 valence electrons. The second kappa shape index (κ2) is 7.34. The van der Waals surface area contributed by atoms with Gasteiger partial charge in [-0.3, -0.25) is 4.90 Å². The van der Waals surface area contributed by atoms with Crippen LogP contribution in [0.5, 0.6) is 0 Å². The Morgan fingerprint density at radius 1 is 0.941 bits per heavy atom. The Morgan fingerprint density at radius 2 is 1.53 bits per heavy atom. The normalized spacial score (nSPS) is 25.2. The molecule has 0 aromatic heterocycles. The largest absolute Gasteiger partial charge is 0.379 e. The number of hydrogen-bond donors (Lipinski definition) is 0. The first-order valence-corrected chi connectivity index (χ1v) is 7.20. The van der Waals surface area contributed by atoms with Gasteiger partial charge in [0.25, 0.3) is 0 Å². The van der Waals surface area contributed by atoms with E-state index in [1.807, 2.05) is 0 Å². The number of piperidine rings is 1. The molecule has 0 bridgehead atoms. The summed E-state index contributed by atoms with van der Waals surface area (Å²) in [6, 6.07) is 0. The number of morpholine rings is 1. The van der Waals surface area contributed by atoms with E-state index in [9.17, 15) is 0 Å². The summed E-state index contributed by atoms with van der Waals surface area (Å²) in [5.74, 6) is 0.894. The lowest BCUT2D eigenvalue weighted by Crippen LogP contribution is -2.39. The molecule has 0 saturated carbocycles. The zero-order chi connectivity index (χ0) is 11.9. The van der Waals surface area contributed by atoms with Crippen molar-refractivity contribution in [2.24, 2.45) is 5.92 Å². The molecule has 0 spiro atoms. The first-order chi connectivity index (χ1) is 8.38. The van der Waals surface area contributed by atoms with Crippen LogP contribution in [0.4, 0.5) is 0 Å². The van der Waals surface area contributed by atoms with Crippen molar-refractivity contribution < 1.29 is 4.74 Å². The third-order valence-electron chi connectivity index (χ3n) is 4.17. The smallest absolute Gasteiger partial charge is 0.0594 e. The van der Waals surface area contributed by atoms with Gasteiger partial charge in [-0.25, -0.2) is 0 Å². The minimum Gasteiger partial charge on any atom is -0.379 e. The summed E-state index contributed by atoms with van der Waals surface area (Å²) in [6.07, 6.45) is 5.17. The summed E-state index contributed by atoms with van der Waals surface area (Å²) in [5.41, 5.74) is 0. The molecule has 0 amide bonds. The Kier molecular flexibility index (Phi) is 5.75. The molecule has 2 rings (SSSR count). The van der Waals surface area contributed by atoms with E-state index in [1.165, 1.54) is 45.4 Å². The molecule has 2 fully saturated rings. The highest BCUT2D eigenvalue weighted by Crippen LogP contribution is 2.19. The Balaban J connectivity index is 1.53. The highest BCUT2D eigenvalue weighted by atomic mass is 16.5. The van der Waals surface area contributed by atoms with E-state index in [4.69, 9.17) is 4.74 Å². The molecule has 3 heteroatoms. The lowest BCUT2D eigenvalue weighted by Gasteiger charge is -2.32. The molecule has 2 aliphatic rings. The topological polar surface area (TPSA) is 15.7 Å². The Bertz CT molecular complexity index is 196. The molecule has 3 nitrogen and oxygen atoms in total. The van der Waals surface area contributed by atoms with Gasteiger partial charge in [-0.05, 0) is 51.4 Å². The van der Waals surface area contributed by atoms with E-state index in [1.54, 1.807) is 0 Å². The highest BCUT2D eigenvalue weighted by Gasteiger charge is 2.17. The van der Waals surface area contributed by atoms with Crippen molar-refractivity contribution >= 4 is 0 Å². The molecule has 0 N–H and O–H groups in total. The monoisotopic (exact) mass is 239 g/mol. The molecule has 0 aromatic carbocycles. The fraction of sp³-hybridized carbons (Fsp3) is 0.929. The zero-order valence-electron chi connectivity index (χ0n) is 11.1. The fourth-order valence-corrected chi connectivity index (χ4v) is 2.84. The van der Waals surface area contributed by atoms with Crippen molar-refractivity contribution in [2.75, 3.05) is 52.5 Å². The summed E-state index contributed by atoms with van der Waals surface area (Å²) >= 11 is 0. The van der Waals surface area contributed by atoms with E-state index >= 15 is 0 Å². The predicted octanol–water partition coefficient (Wildman–Crippen LogP) is 1.64. The van der Waals surface area contributed by atoms with Crippen LogP contribution in [0.3, 0.4) is 0 Å². The minimum absolute atomic E-state index is 0.894. The van der Waals surface area contributed by atoms with E-state index in [0.29, 0.717) is 0 Å². The van der Waals surface area contributed by atoms with Gasteiger partial charge in [0.15, 0.2) is 0 Å². The number of hydrogen-bond acceptors (Lipinski definition) is 3. The van der Waals surface area contributed by atoms with E-state index in [2.05, 4.69) is 16.7 Å². The molecule has 2 saturated heterocycles. The molecule has 0 unspecified atom stereocenters. The number of nitrogens with zero attached hydrogens (tertiary/aromatic N) is 2. The highest BCUT2D eigenvalue weighted by molar-refractivity contribution is 4.73. The Labute approximate surface area is 106 Å². The van der Waals surface area contributed by atoms with Gasteiger partial charge in [0.05, 0.1) is 13.2 Å². The Morgan fingerprint density at radius 3 is 2.12 bits per heavy atom. The van der Waals surface area contributed by atoms with Gasteiger partial charge in [0, 0.05) is 13.1 Å². The van der Waals surface area contributed by atoms with Crippen LogP contribution in [-0.4, -0.2) is 62.3 Å². The molecule has 17 heavy (non-hydrogen) atoms. The van der Waals surface area contributed by atoms with Crippen molar-refractivity contribution in [3.8, 4) is 0 Å². The molecule has 0 aliphatic carbocycles. The van der Waals surface area contributed by atoms with Gasteiger partial charge in [0.2, 0.25) is 0 Å². The summed E-state index contributed by atoms with van der Waals surface area (Å²) < 4.78 is 5.36. The van der Waals surface area contributed by atoms with Gasteiger partial charge in [-0.1, -0.05) is 13.3 Å². The van der Waals surface area contributed by atoms with E-state index < -0.39 is 0 Å². The maximum absolute atomic E-state index is 5.36. The first kappa shape index (κ1) is 13.3. The van der Waals surface area contributed by atoms with Crippen LogP contribution in [0.25, 0.3) is 0 Å². The molecular weight excluding hydrogens is 212 g/mol. The van der Waals surface area contributed by atoms with E-state index in [-0.39, 0.29) is 0 Å². The predicted molar refractivity (Wildman–Crippen MR) is 71.0 cm³/mol. The van der Waals surface area contributed by atoms with Gasteiger partial charge >= 0.3 is 0 Å². The van der Waals surface area contributed by atoms with Crippen LogP contribution in [-0.2, 0) is 4.74 Å². The number of ether oxygens (including phenoxy) is 1. The lowest BCUT2D eigenvalue weighted by atomic mass is 9.94. The third kappa shape index (κ3) is 4.57. The average Bonchev–Trinajstić information content (AvgIpc) is 2.41. The second-order valence-electron chi connectivity index (χ2n) is 5.38. The van der Waals surface area contributed by atoms with Crippen LogP contribution >= 0.6 is 0 Å². The molecule has 1 radical (unpaired) electrons. The molecule has 2 aliphatic heterocycles.